The number of sulfonamides is 1. The van der Waals surface area contributed by atoms with Crippen LogP contribution in [0.3, 0.4) is 0 Å². The molecule has 2 aliphatic rings. The van der Waals surface area contributed by atoms with E-state index in [9.17, 15) is 13.2 Å². The molecule has 27 heavy (non-hydrogen) atoms. The van der Waals surface area contributed by atoms with Crippen LogP contribution in [-0.2, 0) is 17.1 Å². The highest BCUT2D eigenvalue weighted by molar-refractivity contribution is 7.89. The van der Waals surface area contributed by atoms with Gasteiger partial charge < -0.3 is 15.5 Å². The van der Waals surface area contributed by atoms with Gasteiger partial charge in [-0.15, -0.1) is 0 Å². The van der Waals surface area contributed by atoms with Gasteiger partial charge in [-0.05, 0) is 33.1 Å². The van der Waals surface area contributed by atoms with Gasteiger partial charge in [-0.2, -0.15) is 5.10 Å². The fraction of sp³-hybridized carbons (Fsp3) is 0.765. The van der Waals surface area contributed by atoms with Crippen molar-refractivity contribution < 1.29 is 13.2 Å². The topological polar surface area (TPSA) is 99.6 Å². The number of amides is 2. The largest absolute Gasteiger partial charge is 0.355 e. The second-order valence-electron chi connectivity index (χ2n) is 7.39. The molecule has 0 radical (unpaired) electrons. The van der Waals surface area contributed by atoms with Crippen molar-refractivity contribution in [3.8, 4) is 0 Å². The highest BCUT2D eigenvalue weighted by Gasteiger charge is 2.29. The lowest BCUT2D eigenvalue weighted by Crippen LogP contribution is -2.51. The van der Waals surface area contributed by atoms with Crippen molar-refractivity contribution in [2.45, 2.75) is 45.2 Å². The Labute approximate surface area is 161 Å². The molecule has 2 saturated heterocycles. The van der Waals surface area contributed by atoms with Crippen molar-refractivity contribution >= 4 is 21.9 Å². The van der Waals surface area contributed by atoms with E-state index in [-0.39, 0.29) is 23.9 Å². The molecule has 3 heterocycles. The summed E-state index contributed by atoms with van der Waals surface area (Å²) in [4.78, 5) is 14.6. The Hall–Kier alpha value is -1.81. The summed E-state index contributed by atoms with van der Waals surface area (Å²) in [6.45, 7) is 6.22. The molecule has 1 unspecified atom stereocenters. The van der Waals surface area contributed by atoms with Gasteiger partial charge in [0.2, 0.25) is 10.0 Å². The first-order chi connectivity index (χ1) is 12.8. The van der Waals surface area contributed by atoms with Crippen LogP contribution < -0.4 is 15.5 Å². The lowest BCUT2D eigenvalue weighted by Gasteiger charge is -2.31. The van der Waals surface area contributed by atoms with Gasteiger partial charge in [0, 0.05) is 51.4 Å². The van der Waals surface area contributed by atoms with Crippen molar-refractivity contribution in [3.05, 3.63) is 11.8 Å². The molecule has 2 fully saturated rings. The summed E-state index contributed by atoms with van der Waals surface area (Å²) in [5, 5.41) is 10.4. The van der Waals surface area contributed by atoms with Gasteiger partial charge in [0.05, 0.1) is 11.4 Å². The number of carbonyl (C=O) groups is 1. The van der Waals surface area contributed by atoms with Gasteiger partial charge in [-0.3, -0.25) is 4.68 Å². The van der Waals surface area contributed by atoms with E-state index in [0.29, 0.717) is 25.9 Å². The van der Waals surface area contributed by atoms with Crippen LogP contribution in [0.25, 0.3) is 0 Å². The molecule has 2 aliphatic heterocycles. The maximum atomic E-state index is 12.3. The fourth-order valence-electron chi connectivity index (χ4n) is 3.85. The fourth-order valence-corrected chi connectivity index (χ4v) is 4.98. The Bertz CT molecular complexity index is 770. The van der Waals surface area contributed by atoms with E-state index in [4.69, 9.17) is 0 Å². The SMILES string of the molecule is CCS(=O)(=O)N1CCC(NC(=O)NC2CCN(c3cc(C)nn3C)C2)CC1. The number of piperidine rings is 1. The van der Waals surface area contributed by atoms with E-state index in [2.05, 4.69) is 26.7 Å². The summed E-state index contributed by atoms with van der Waals surface area (Å²) in [5.74, 6) is 1.20. The number of aryl methyl sites for hydroxylation is 2. The predicted octanol–water partition coefficient (Wildman–Crippen LogP) is 0.421. The molecule has 0 spiro atoms. The molecule has 0 bridgehead atoms. The zero-order valence-corrected chi connectivity index (χ0v) is 17.1. The van der Waals surface area contributed by atoms with Crippen molar-refractivity contribution in [1.82, 2.24) is 24.7 Å². The van der Waals surface area contributed by atoms with Crippen LogP contribution in [0, 0.1) is 6.92 Å². The number of hydrogen-bond acceptors (Lipinski definition) is 5. The Morgan fingerprint density at radius 3 is 2.41 bits per heavy atom. The van der Waals surface area contributed by atoms with Gasteiger partial charge in [-0.1, -0.05) is 0 Å². The average molecular weight is 399 g/mol. The molecule has 0 saturated carbocycles. The van der Waals surface area contributed by atoms with Gasteiger partial charge in [0.25, 0.3) is 0 Å². The zero-order valence-electron chi connectivity index (χ0n) is 16.3. The van der Waals surface area contributed by atoms with Crippen molar-refractivity contribution in [1.29, 1.82) is 0 Å². The highest BCUT2D eigenvalue weighted by atomic mass is 32.2. The maximum Gasteiger partial charge on any atom is 0.315 e. The Balaban J connectivity index is 1.44. The van der Waals surface area contributed by atoms with Crippen LogP contribution in [0.15, 0.2) is 6.07 Å². The maximum absolute atomic E-state index is 12.3. The number of carbonyl (C=O) groups excluding carboxylic acids is 1. The normalized spacial score (nSPS) is 22.2. The van der Waals surface area contributed by atoms with E-state index in [1.165, 1.54) is 4.31 Å². The van der Waals surface area contributed by atoms with Crippen molar-refractivity contribution in [2.24, 2.45) is 7.05 Å². The molecule has 1 atom stereocenters. The average Bonchev–Trinajstić information content (AvgIpc) is 3.21. The molecule has 2 N–H and O–H groups in total. The quantitative estimate of drug-likeness (QED) is 0.749. The van der Waals surface area contributed by atoms with Crippen LogP contribution in [0.4, 0.5) is 10.6 Å². The zero-order chi connectivity index (χ0) is 19.6. The molecule has 0 aliphatic carbocycles. The Morgan fingerprint density at radius 2 is 1.81 bits per heavy atom. The van der Waals surface area contributed by atoms with Crippen LogP contribution in [0.2, 0.25) is 0 Å². The number of anilines is 1. The summed E-state index contributed by atoms with van der Waals surface area (Å²) >= 11 is 0. The van der Waals surface area contributed by atoms with E-state index >= 15 is 0 Å². The molecule has 3 rings (SSSR count). The number of nitrogens with one attached hydrogen (secondary N) is 2. The highest BCUT2D eigenvalue weighted by Crippen LogP contribution is 2.21. The number of rotatable bonds is 5. The first-order valence-electron chi connectivity index (χ1n) is 9.59. The molecule has 1 aromatic heterocycles. The molecule has 1 aromatic rings. The third-order valence-corrected chi connectivity index (χ3v) is 7.25. The minimum Gasteiger partial charge on any atom is -0.355 e. The number of urea groups is 1. The van der Waals surface area contributed by atoms with Gasteiger partial charge in [0.1, 0.15) is 5.82 Å². The van der Waals surface area contributed by atoms with Gasteiger partial charge in [-0.25, -0.2) is 17.5 Å². The van der Waals surface area contributed by atoms with Crippen LogP contribution >= 0.6 is 0 Å². The van der Waals surface area contributed by atoms with E-state index in [1.54, 1.807) is 6.92 Å². The molecular weight excluding hydrogens is 368 g/mol. The summed E-state index contributed by atoms with van der Waals surface area (Å²) in [6, 6.07) is 2.01. The Morgan fingerprint density at radius 1 is 1.19 bits per heavy atom. The third-order valence-electron chi connectivity index (χ3n) is 5.37. The predicted molar refractivity (Wildman–Crippen MR) is 104 cm³/mol. The summed E-state index contributed by atoms with van der Waals surface area (Å²) < 4.78 is 27.2. The lowest BCUT2D eigenvalue weighted by molar-refractivity contribution is 0.225. The molecule has 0 aromatic carbocycles. The van der Waals surface area contributed by atoms with E-state index < -0.39 is 10.0 Å². The number of aromatic nitrogens is 2. The third kappa shape index (κ3) is 4.73. The van der Waals surface area contributed by atoms with Crippen LogP contribution in [0.5, 0.6) is 0 Å². The van der Waals surface area contributed by atoms with Gasteiger partial charge >= 0.3 is 6.03 Å². The number of nitrogens with zero attached hydrogens (tertiary/aromatic N) is 4. The van der Waals surface area contributed by atoms with E-state index in [1.807, 2.05) is 18.7 Å². The van der Waals surface area contributed by atoms with Crippen LogP contribution in [-0.4, -0.2) is 72.6 Å². The number of hydrogen-bond donors (Lipinski definition) is 2. The summed E-state index contributed by atoms with van der Waals surface area (Å²) in [6.07, 6.45) is 2.19. The van der Waals surface area contributed by atoms with Crippen molar-refractivity contribution in [3.63, 3.8) is 0 Å². The molecule has 9 nitrogen and oxygen atoms in total. The summed E-state index contributed by atoms with van der Waals surface area (Å²) in [7, 11) is -1.20. The lowest BCUT2D eigenvalue weighted by atomic mass is 10.1. The Kier molecular flexibility index (Phi) is 5.95. The molecule has 2 amide bonds. The monoisotopic (exact) mass is 398 g/mol. The first kappa shape index (κ1) is 19.9. The minimum absolute atomic E-state index is 0.0190. The first-order valence-corrected chi connectivity index (χ1v) is 11.2. The molecule has 10 heteroatoms. The molecule has 152 valence electrons. The van der Waals surface area contributed by atoms with Crippen molar-refractivity contribution in [2.75, 3.05) is 36.8 Å². The minimum atomic E-state index is -3.13. The van der Waals surface area contributed by atoms with Crippen LogP contribution in [0.1, 0.15) is 31.9 Å². The van der Waals surface area contributed by atoms with E-state index in [0.717, 1.165) is 31.0 Å². The smallest absolute Gasteiger partial charge is 0.315 e. The van der Waals surface area contributed by atoms with Gasteiger partial charge in [0.15, 0.2) is 0 Å². The summed E-state index contributed by atoms with van der Waals surface area (Å²) in [5.41, 5.74) is 0.984. The second kappa shape index (κ2) is 8.05. The second-order valence-corrected chi connectivity index (χ2v) is 9.65. The standard InChI is InChI=1S/C17H30N6O3S/c1-4-27(25,26)23-9-6-14(7-10-23)18-17(24)19-15-5-8-22(12-15)16-11-13(2)20-21(16)3/h11,14-15H,4-10,12H2,1-3H3,(H2,18,19,24). The molecular formula is C17H30N6O3S.